The molecule has 1 heterocycles. The van der Waals surface area contributed by atoms with Crippen LogP contribution >= 0.6 is 0 Å². The van der Waals surface area contributed by atoms with Crippen molar-refractivity contribution in [3.05, 3.63) is 41.7 Å². The first-order valence-corrected chi connectivity index (χ1v) is 11.7. The molecule has 2 atom stereocenters. The SMILES string of the molecule is CC1(NC(=O)O[C@H]2CC[C@@H](c3cnc(Nc4c(F)cc(S(N)(=O)=O)cc4F)nc3)C2)CC1. The van der Waals surface area contributed by atoms with E-state index in [9.17, 15) is 22.0 Å². The van der Waals surface area contributed by atoms with Crippen LogP contribution in [0.5, 0.6) is 0 Å². The zero-order chi connectivity index (χ0) is 23.1. The largest absolute Gasteiger partial charge is 0.446 e. The second-order valence-electron chi connectivity index (χ2n) is 8.49. The van der Waals surface area contributed by atoms with Crippen LogP contribution in [-0.2, 0) is 14.8 Å². The Labute approximate surface area is 183 Å². The Balaban J connectivity index is 1.37. The van der Waals surface area contributed by atoms with Gasteiger partial charge in [0.05, 0.1) is 4.90 Å². The Morgan fingerprint density at radius 3 is 2.38 bits per heavy atom. The van der Waals surface area contributed by atoms with Crippen molar-refractivity contribution >= 4 is 27.8 Å². The van der Waals surface area contributed by atoms with Gasteiger partial charge in [-0.15, -0.1) is 0 Å². The minimum Gasteiger partial charge on any atom is -0.446 e. The van der Waals surface area contributed by atoms with Crippen molar-refractivity contribution in [3.8, 4) is 0 Å². The molecular weight excluding hydrogens is 444 g/mol. The molecule has 172 valence electrons. The summed E-state index contributed by atoms with van der Waals surface area (Å²) in [5.41, 5.74) is 0.0976. The number of benzene rings is 1. The molecule has 2 aliphatic rings. The molecule has 0 aliphatic heterocycles. The first-order chi connectivity index (χ1) is 15.0. The molecule has 2 aliphatic carbocycles. The van der Waals surface area contributed by atoms with E-state index in [0.29, 0.717) is 18.6 Å². The van der Waals surface area contributed by atoms with Gasteiger partial charge in [0.1, 0.15) is 11.8 Å². The molecule has 1 amide bonds. The van der Waals surface area contributed by atoms with E-state index in [1.165, 1.54) is 0 Å². The Morgan fingerprint density at radius 2 is 1.81 bits per heavy atom. The van der Waals surface area contributed by atoms with Gasteiger partial charge in [-0.1, -0.05) is 0 Å². The van der Waals surface area contributed by atoms with E-state index in [1.807, 2.05) is 6.92 Å². The molecule has 0 saturated heterocycles. The highest BCUT2D eigenvalue weighted by Gasteiger charge is 2.40. The maximum absolute atomic E-state index is 14.2. The van der Waals surface area contributed by atoms with Crippen LogP contribution in [0.15, 0.2) is 29.4 Å². The van der Waals surface area contributed by atoms with Crippen LogP contribution in [0.4, 0.5) is 25.2 Å². The Kier molecular flexibility index (Phi) is 5.76. The van der Waals surface area contributed by atoms with E-state index < -0.39 is 38.3 Å². The Bertz CT molecular complexity index is 1120. The van der Waals surface area contributed by atoms with E-state index >= 15 is 0 Å². The number of nitrogens with two attached hydrogens (primary N) is 1. The predicted molar refractivity (Wildman–Crippen MR) is 111 cm³/mol. The fraction of sp³-hybridized carbons (Fsp3) is 0.450. The first kappa shape index (κ1) is 22.3. The summed E-state index contributed by atoms with van der Waals surface area (Å²) in [6.45, 7) is 1.98. The summed E-state index contributed by atoms with van der Waals surface area (Å²) >= 11 is 0. The lowest BCUT2D eigenvalue weighted by Crippen LogP contribution is -2.36. The topological polar surface area (TPSA) is 136 Å². The second-order valence-corrected chi connectivity index (χ2v) is 10.1. The number of aromatic nitrogens is 2. The summed E-state index contributed by atoms with van der Waals surface area (Å²) < 4.78 is 56.4. The molecule has 1 aromatic carbocycles. The number of primary sulfonamides is 1. The molecule has 4 N–H and O–H groups in total. The summed E-state index contributed by atoms with van der Waals surface area (Å²) in [7, 11) is -4.25. The number of nitrogens with zero attached hydrogens (tertiary/aromatic N) is 2. The average Bonchev–Trinajstić information content (AvgIpc) is 3.24. The summed E-state index contributed by atoms with van der Waals surface area (Å²) in [4.78, 5) is 19.5. The maximum Gasteiger partial charge on any atom is 0.407 e. The van der Waals surface area contributed by atoms with Gasteiger partial charge in [0.25, 0.3) is 0 Å². The monoisotopic (exact) mass is 467 g/mol. The van der Waals surface area contributed by atoms with Crippen LogP contribution in [0, 0.1) is 11.6 Å². The van der Waals surface area contributed by atoms with Crippen molar-refractivity contribution in [3.63, 3.8) is 0 Å². The third-order valence-corrected chi connectivity index (χ3v) is 6.68. The molecule has 0 bridgehead atoms. The smallest absolute Gasteiger partial charge is 0.407 e. The standard InChI is InChI=1S/C20H23F2N5O4S/c1-20(4-5-20)27-19(28)31-13-3-2-11(6-13)12-9-24-18(25-10-12)26-17-15(21)7-14(8-16(17)22)32(23,29)30/h7-11,13H,2-6H2,1H3,(H,27,28)(H2,23,29,30)(H,24,25,26)/t11-,13+/m1/s1. The zero-order valence-corrected chi connectivity index (χ0v) is 18.1. The quantitative estimate of drug-likeness (QED) is 0.594. The molecular formula is C20H23F2N5O4S. The van der Waals surface area contributed by atoms with Gasteiger partial charge in [0.2, 0.25) is 16.0 Å². The molecule has 12 heteroatoms. The van der Waals surface area contributed by atoms with E-state index in [4.69, 9.17) is 9.88 Å². The fourth-order valence-corrected chi connectivity index (χ4v) is 4.18. The fourth-order valence-electron chi connectivity index (χ4n) is 3.65. The number of hydrogen-bond acceptors (Lipinski definition) is 7. The number of nitrogens with one attached hydrogen (secondary N) is 2. The molecule has 2 saturated carbocycles. The normalized spacial score (nSPS) is 21.8. The molecule has 32 heavy (non-hydrogen) atoms. The van der Waals surface area contributed by atoms with Crippen molar-refractivity contribution in [2.75, 3.05) is 5.32 Å². The highest BCUT2D eigenvalue weighted by atomic mass is 32.2. The summed E-state index contributed by atoms with van der Waals surface area (Å²) in [5, 5.41) is 10.2. The van der Waals surface area contributed by atoms with Gasteiger partial charge >= 0.3 is 6.09 Å². The van der Waals surface area contributed by atoms with E-state index in [2.05, 4.69) is 20.6 Å². The third-order valence-electron chi connectivity index (χ3n) is 5.79. The number of amides is 1. The highest BCUT2D eigenvalue weighted by Crippen LogP contribution is 2.37. The first-order valence-electron chi connectivity index (χ1n) is 10.1. The molecule has 0 spiro atoms. The van der Waals surface area contributed by atoms with Crippen LogP contribution < -0.4 is 15.8 Å². The van der Waals surface area contributed by atoms with Gasteiger partial charge < -0.3 is 15.4 Å². The number of alkyl carbamates (subject to hydrolysis) is 1. The minimum atomic E-state index is -4.25. The van der Waals surface area contributed by atoms with Gasteiger partial charge in [-0.3, -0.25) is 0 Å². The lowest BCUT2D eigenvalue weighted by atomic mass is 10.0. The van der Waals surface area contributed by atoms with Crippen LogP contribution in [0.1, 0.15) is 50.5 Å². The molecule has 4 rings (SSSR count). The molecule has 1 aromatic heterocycles. The van der Waals surface area contributed by atoms with Crippen molar-refractivity contribution in [1.29, 1.82) is 0 Å². The number of ether oxygens (including phenoxy) is 1. The lowest BCUT2D eigenvalue weighted by molar-refractivity contribution is 0.0967. The molecule has 2 aromatic rings. The van der Waals surface area contributed by atoms with Crippen LogP contribution in [-0.4, -0.2) is 36.1 Å². The predicted octanol–water partition coefficient (Wildman–Crippen LogP) is 3.06. The molecule has 0 radical (unpaired) electrons. The van der Waals surface area contributed by atoms with Crippen LogP contribution in [0.3, 0.4) is 0 Å². The van der Waals surface area contributed by atoms with Crippen molar-refractivity contribution in [1.82, 2.24) is 15.3 Å². The van der Waals surface area contributed by atoms with Crippen molar-refractivity contribution in [2.45, 2.75) is 61.5 Å². The van der Waals surface area contributed by atoms with Crippen molar-refractivity contribution < 1.29 is 26.7 Å². The highest BCUT2D eigenvalue weighted by molar-refractivity contribution is 7.89. The summed E-state index contributed by atoms with van der Waals surface area (Å²) in [5.74, 6) is -2.25. The maximum atomic E-state index is 14.2. The molecule has 9 nitrogen and oxygen atoms in total. The summed E-state index contributed by atoms with van der Waals surface area (Å²) in [6.07, 6.45) is 6.56. The number of carbonyl (C=O) groups excluding carboxylic acids is 1. The number of sulfonamides is 1. The van der Waals surface area contributed by atoms with E-state index in [-0.39, 0.29) is 23.5 Å². The van der Waals surface area contributed by atoms with Gasteiger partial charge in [-0.2, -0.15) is 0 Å². The lowest BCUT2D eigenvalue weighted by Gasteiger charge is -2.16. The molecule has 0 unspecified atom stereocenters. The van der Waals surface area contributed by atoms with Crippen LogP contribution in [0.25, 0.3) is 0 Å². The number of rotatable bonds is 6. The van der Waals surface area contributed by atoms with Gasteiger partial charge in [-0.25, -0.2) is 37.1 Å². The zero-order valence-electron chi connectivity index (χ0n) is 17.3. The third kappa shape index (κ3) is 5.13. The van der Waals surface area contributed by atoms with E-state index in [0.717, 1.165) is 31.2 Å². The molecule has 2 fully saturated rings. The van der Waals surface area contributed by atoms with Crippen LogP contribution in [0.2, 0.25) is 0 Å². The van der Waals surface area contributed by atoms with Gasteiger partial charge in [0.15, 0.2) is 11.6 Å². The number of hydrogen-bond donors (Lipinski definition) is 3. The Hall–Kier alpha value is -2.86. The number of halogens is 2. The minimum absolute atomic E-state index is 0.0576. The van der Waals surface area contributed by atoms with Gasteiger partial charge in [-0.05, 0) is 62.6 Å². The van der Waals surface area contributed by atoms with E-state index in [1.54, 1.807) is 12.4 Å². The second kappa shape index (κ2) is 8.24. The number of carbonyl (C=O) groups is 1. The summed E-state index contributed by atoms with van der Waals surface area (Å²) in [6, 6.07) is 1.24. The Morgan fingerprint density at radius 1 is 1.19 bits per heavy atom. The van der Waals surface area contributed by atoms with Crippen molar-refractivity contribution in [2.24, 2.45) is 5.14 Å². The number of anilines is 2. The average molecular weight is 467 g/mol. The van der Waals surface area contributed by atoms with Gasteiger partial charge in [0, 0.05) is 17.9 Å².